The van der Waals surface area contributed by atoms with Crippen molar-refractivity contribution in [2.45, 2.75) is 65.1 Å². The first kappa shape index (κ1) is 20.3. The quantitative estimate of drug-likeness (QED) is 0.746. The van der Waals surface area contributed by atoms with E-state index >= 15 is 0 Å². The van der Waals surface area contributed by atoms with Crippen molar-refractivity contribution in [3.8, 4) is 0 Å². The molecule has 2 N–H and O–H groups in total. The van der Waals surface area contributed by atoms with Crippen molar-refractivity contribution in [3.05, 3.63) is 11.8 Å². The number of aliphatic hydroxyl groups excluding tert-OH is 2. The fraction of sp³-hybridized carbons (Fsp3) is 0.864. The lowest BCUT2D eigenvalue weighted by Gasteiger charge is -2.69. The van der Waals surface area contributed by atoms with Crippen LogP contribution in [0.4, 0.5) is 0 Å². The molecule has 0 spiro atoms. The number of carbonyl (C=O) groups is 1. The second kappa shape index (κ2) is 6.53. The predicted octanol–water partition coefficient (Wildman–Crippen LogP) is 2.13. The summed E-state index contributed by atoms with van der Waals surface area (Å²) in [5.41, 5.74) is -1.20. The van der Waals surface area contributed by atoms with Gasteiger partial charge in [0.25, 0.3) is 0 Å². The van der Waals surface area contributed by atoms with Gasteiger partial charge >= 0.3 is 0 Å². The van der Waals surface area contributed by atoms with E-state index in [0.717, 1.165) is 0 Å². The van der Waals surface area contributed by atoms with E-state index in [1.165, 1.54) is 7.11 Å². The van der Waals surface area contributed by atoms with Gasteiger partial charge in [0, 0.05) is 30.3 Å². The van der Waals surface area contributed by atoms with Crippen LogP contribution in [0.1, 0.15) is 40.5 Å². The first-order valence-electron chi connectivity index (χ1n) is 10.5. The number of methoxy groups -OCH3 is 2. The second-order valence-corrected chi connectivity index (χ2v) is 9.86. The fourth-order valence-electron chi connectivity index (χ4n) is 7.71. The van der Waals surface area contributed by atoms with Gasteiger partial charge in [0.15, 0.2) is 12.0 Å². The summed E-state index contributed by atoms with van der Waals surface area (Å²) in [6.45, 7) is 8.33. The van der Waals surface area contributed by atoms with E-state index in [1.54, 1.807) is 7.11 Å². The van der Waals surface area contributed by atoms with Gasteiger partial charge in [-0.1, -0.05) is 27.7 Å². The molecule has 11 atom stereocenters. The average molecular weight is 395 g/mol. The van der Waals surface area contributed by atoms with E-state index in [0.29, 0.717) is 18.6 Å². The molecule has 1 heterocycles. The predicted molar refractivity (Wildman–Crippen MR) is 102 cm³/mol. The van der Waals surface area contributed by atoms with Crippen LogP contribution in [0.3, 0.4) is 0 Å². The highest BCUT2D eigenvalue weighted by molar-refractivity contribution is 5.99. The zero-order valence-electron chi connectivity index (χ0n) is 17.7. The molecule has 6 heteroatoms. The molecule has 28 heavy (non-hydrogen) atoms. The SMILES string of the molecule is COC1=C[C@@H](C)[C@@H]2C[C@H]3O[C@@H](O)C[C@H]4[C@@H](C)[C@H](OC)[C@@H](O)[C@H]([C@@]2(C)C1=O)[C@@]34C. The zero-order valence-corrected chi connectivity index (χ0v) is 17.7. The third kappa shape index (κ3) is 2.32. The molecule has 4 aliphatic rings. The molecule has 0 aromatic carbocycles. The first-order valence-corrected chi connectivity index (χ1v) is 10.5. The van der Waals surface area contributed by atoms with Gasteiger partial charge in [-0.2, -0.15) is 0 Å². The summed E-state index contributed by atoms with van der Waals surface area (Å²) in [6.07, 6.45) is 0.894. The molecule has 1 aliphatic heterocycles. The lowest BCUT2D eigenvalue weighted by Crippen LogP contribution is -2.74. The van der Waals surface area contributed by atoms with Gasteiger partial charge in [0.1, 0.15) is 0 Å². The van der Waals surface area contributed by atoms with Crippen molar-refractivity contribution < 1.29 is 29.2 Å². The number of ether oxygens (including phenoxy) is 3. The van der Waals surface area contributed by atoms with Crippen molar-refractivity contribution in [1.29, 1.82) is 0 Å². The smallest absolute Gasteiger partial charge is 0.203 e. The maximum Gasteiger partial charge on any atom is 0.203 e. The van der Waals surface area contributed by atoms with Crippen molar-refractivity contribution in [1.82, 2.24) is 0 Å². The van der Waals surface area contributed by atoms with E-state index in [-0.39, 0.29) is 47.6 Å². The number of fused-ring (bicyclic) bond motifs is 2. The summed E-state index contributed by atoms with van der Waals surface area (Å²) in [5.74, 6) is 0.284. The number of allylic oxidation sites excluding steroid dienone is 2. The fourth-order valence-corrected chi connectivity index (χ4v) is 7.71. The molecule has 1 saturated heterocycles. The molecule has 0 aromatic rings. The molecule has 0 unspecified atom stereocenters. The van der Waals surface area contributed by atoms with Crippen LogP contribution in [-0.4, -0.2) is 54.8 Å². The summed E-state index contributed by atoms with van der Waals surface area (Å²) in [6, 6.07) is 0. The highest BCUT2D eigenvalue weighted by atomic mass is 16.6. The monoisotopic (exact) mass is 394 g/mol. The topological polar surface area (TPSA) is 85.2 Å². The molecule has 2 saturated carbocycles. The lowest BCUT2D eigenvalue weighted by molar-refractivity contribution is -0.326. The van der Waals surface area contributed by atoms with Gasteiger partial charge in [-0.25, -0.2) is 0 Å². The van der Waals surface area contributed by atoms with E-state index in [1.807, 2.05) is 13.0 Å². The molecule has 6 nitrogen and oxygen atoms in total. The molecule has 0 aromatic heterocycles. The van der Waals surface area contributed by atoms with Gasteiger partial charge in [0.05, 0.1) is 25.4 Å². The van der Waals surface area contributed by atoms with Crippen molar-refractivity contribution in [2.75, 3.05) is 14.2 Å². The number of aliphatic hydroxyl groups is 2. The third-order valence-electron chi connectivity index (χ3n) is 8.91. The Morgan fingerprint density at radius 2 is 1.82 bits per heavy atom. The standard InChI is InChI=1S/C22H34O6/c1-10-7-14(26-5)20(25)22(4)12(10)8-15-21(3)13(9-16(23)28-15)11(2)18(27-6)17(24)19(21)22/h7,10-13,15-19,23-24H,8-9H2,1-6H3/t10-,11-,12+,13+,15-,16-,17-,18+,19+,21-,22+/m1/s1. The maximum atomic E-state index is 13.6. The van der Waals surface area contributed by atoms with Crippen LogP contribution in [0.5, 0.6) is 0 Å². The van der Waals surface area contributed by atoms with E-state index < -0.39 is 23.2 Å². The summed E-state index contributed by atoms with van der Waals surface area (Å²) in [4.78, 5) is 13.6. The minimum Gasteiger partial charge on any atom is -0.493 e. The molecule has 3 aliphatic carbocycles. The molecule has 0 radical (unpaired) electrons. The Labute approximate surface area is 167 Å². The Bertz CT molecular complexity index is 691. The van der Waals surface area contributed by atoms with Crippen molar-refractivity contribution >= 4 is 5.78 Å². The molecule has 0 bridgehead atoms. The minimum atomic E-state index is -0.817. The lowest BCUT2D eigenvalue weighted by atomic mass is 9.38. The molecule has 158 valence electrons. The van der Waals surface area contributed by atoms with E-state index in [9.17, 15) is 15.0 Å². The molecular weight excluding hydrogens is 360 g/mol. The number of carbonyl (C=O) groups excluding carboxylic acids is 1. The Morgan fingerprint density at radius 1 is 1.14 bits per heavy atom. The summed E-state index contributed by atoms with van der Waals surface area (Å²) >= 11 is 0. The Hall–Kier alpha value is -0.950. The first-order chi connectivity index (χ1) is 13.1. The Balaban J connectivity index is 1.92. The minimum absolute atomic E-state index is 0.00786. The summed E-state index contributed by atoms with van der Waals surface area (Å²) in [5, 5.41) is 22.0. The molecule has 0 amide bonds. The van der Waals surface area contributed by atoms with E-state index in [4.69, 9.17) is 14.2 Å². The molecule has 4 rings (SSSR count). The van der Waals surface area contributed by atoms with Crippen LogP contribution in [0, 0.1) is 40.4 Å². The van der Waals surface area contributed by atoms with Gasteiger partial charge in [0.2, 0.25) is 5.78 Å². The highest BCUT2D eigenvalue weighted by Gasteiger charge is 2.72. The number of hydrogen-bond acceptors (Lipinski definition) is 6. The van der Waals surface area contributed by atoms with Gasteiger partial charge in [-0.05, 0) is 36.2 Å². The summed E-state index contributed by atoms with van der Waals surface area (Å²) in [7, 11) is 3.16. The second-order valence-electron chi connectivity index (χ2n) is 9.86. The van der Waals surface area contributed by atoms with Crippen LogP contribution in [-0.2, 0) is 19.0 Å². The Kier molecular flexibility index (Phi) is 4.74. The average Bonchev–Trinajstić information content (AvgIpc) is 2.63. The van der Waals surface area contributed by atoms with Crippen LogP contribution in [0.25, 0.3) is 0 Å². The van der Waals surface area contributed by atoms with Gasteiger partial charge in [-0.3, -0.25) is 4.79 Å². The van der Waals surface area contributed by atoms with Crippen molar-refractivity contribution in [2.24, 2.45) is 40.4 Å². The number of ketones is 1. The van der Waals surface area contributed by atoms with Crippen LogP contribution >= 0.6 is 0 Å². The molecular formula is C22H34O6. The number of Topliss-reactive ketones (excluding diaryl/α,β-unsaturated/α-hetero) is 1. The number of hydrogen-bond donors (Lipinski definition) is 2. The largest absolute Gasteiger partial charge is 0.493 e. The maximum absolute atomic E-state index is 13.6. The van der Waals surface area contributed by atoms with Gasteiger partial charge < -0.3 is 24.4 Å². The number of rotatable bonds is 2. The highest BCUT2D eigenvalue weighted by Crippen LogP contribution is 2.68. The molecule has 3 fully saturated rings. The van der Waals surface area contributed by atoms with Crippen LogP contribution in [0.2, 0.25) is 0 Å². The van der Waals surface area contributed by atoms with Crippen LogP contribution in [0.15, 0.2) is 11.8 Å². The Morgan fingerprint density at radius 3 is 2.43 bits per heavy atom. The normalized spacial score (nSPS) is 55.8. The van der Waals surface area contributed by atoms with Crippen LogP contribution < -0.4 is 0 Å². The third-order valence-corrected chi connectivity index (χ3v) is 8.91. The zero-order chi connectivity index (χ0) is 20.6. The van der Waals surface area contributed by atoms with Gasteiger partial charge in [-0.15, -0.1) is 0 Å². The van der Waals surface area contributed by atoms with Crippen molar-refractivity contribution in [3.63, 3.8) is 0 Å². The van der Waals surface area contributed by atoms with E-state index in [2.05, 4.69) is 20.8 Å². The summed E-state index contributed by atoms with van der Waals surface area (Å²) < 4.78 is 17.3.